The van der Waals surface area contributed by atoms with E-state index in [2.05, 4.69) is 100 Å². The predicted molar refractivity (Wildman–Crippen MR) is 205 cm³/mol. The maximum atomic E-state index is 4.92. The second-order valence-electron chi connectivity index (χ2n) is 13.7. The molecule has 2 nitrogen and oxygen atoms in total. The molecule has 5 heterocycles. The maximum Gasteiger partial charge on any atom is 0.114 e. The Bertz CT molecular complexity index is 2400. The molecule has 0 unspecified atom stereocenters. The standard InChI is InChI=1S/C34H32N2S5Si2/c1-17-18(2)30-23(19-11-13-37-29(17)19)15-25(39-30)21-9-10-22(28-27(21)35-41-36-28)26-16-24-20-12-14-38-31(20)33(42(3,4)5)34(32(24)40-26)43(6,7)8/h9-16H,1-8H3. The van der Waals surface area contributed by atoms with E-state index in [1.165, 1.54) is 84.1 Å². The fourth-order valence-corrected chi connectivity index (χ4v) is 19.5. The lowest BCUT2D eigenvalue weighted by Gasteiger charge is -2.29. The van der Waals surface area contributed by atoms with Crippen molar-refractivity contribution in [2.45, 2.75) is 53.1 Å². The third-order valence-corrected chi connectivity index (χ3v) is 18.3. The van der Waals surface area contributed by atoms with Crippen LogP contribution in [0.5, 0.6) is 0 Å². The normalized spacial score (nSPS) is 13.1. The van der Waals surface area contributed by atoms with Crippen molar-refractivity contribution in [2.24, 2.45) is 0 Å². The smallest absolute Gasteiger partial charge is 0.114 e. The highest BCUT2D eigenvalue weighted by Crippen LogP contribution is 2.46. The molecule has 216 valence electrons. The number of aryl methyl sites for hydroxylation is 2. The SMILES string of the molecule is Cc1c(C)c2sc(-c3ccc(-c4cc5c(s4)c([Si](C)(C)C)c([Si](C)(C)C)c4sccc45)c4nsnc34)cc2c2ccsc12. The fraction of sp³-hybridized carbons (Fsp3) is 0.235. The van der Waals surface area contributed by atoms with Crippen LogP contribution in [0, 0.1) is 13.8 Å². The van der Waals surface area contributed by atoms with E-state index in [1.807, 2.05) is 45.3 Å². The van der Waals surface area contributed by atoms with Crippen LogP contribution in [0.25, 0.3) is 72.3 Å². The van der Waals surface area contributed by atoms with Gasteiger partial charge in [0.25, 0.3) is 0 Å². The van der Waals surface area contributed by atoms with Crippen molar-refractivity contribution in [3.8, 4) is 20.9 Å². The van der Waals surface area contributed by atoms with E-state index in [1.54, 1.807) is 10.4 Å². The van der Waals surface area contributed by atoms with Crippen molar-refractivity contribution in [2.75, 3.05) is 0 Å². The first kappa shape index (κ1) is 28.2. The molecular weight excluding hydrogens is 653 g/mol. The number of nitrogens with zero attached hydrogens (tertiary/aromatic N) is 2. The Balaban J connectivity index is 1.36. The zero-order valence-corrected chi connectivity index (χ0v) is 31.6. The van der Waals surface area contributed by atoms with E-state index in [0.717, 1.165) is 11.0 Å². The Morgan fingerprint density at radius 1 is 0.535 bits per heavy atom. The monoisotopic (exact) mass is 684 g/mol. The Labute approximate surface area is 274 Å². The Hall–Kier alpha value is -2.25. The molecule has 0 aliphatic rings. The number of thiophene rings is 4. The highest BCUT2D eigenvalue weighted by atomic mass is 32.1. The van der Waals surface area contributed by atoms with Crippen molar-refractivity contribution in [1.29, 1.82) is 0 Å². The number of hydrogen-bond donors (Lipinski definition) is 0. The zero-order valence-electron chi connectivity index (χ0n) is 25.6. The Morgan fingerprint density at radius 3 is 1.58 bits per heavy atom. The molecule has 9 heteroatoms. The summed E-state index contributed by atoms with van der Waals surface area (Å²) in [5.41, 5.74) is 7.26. The van der Waals surface area contributed by atoms with E-state index < -0.39 is 16.1 Å². The number of fused-ring (bicyclic) bond motifs is 7. The Morgan fingerprint density at radius 2 is 1.00 bits per heavy atom. The van der Waals surface area contributed by atoms with Gasteiger partial charge in [0.15, 0.2) is 0 Å². The van der Waals surface area contributed by atoms with E-state index in [4.69, 9.17) is 8.75 Å². The minimum atomic E-state index is -1.64. The average molecular weight is 685 g/mol. The van der Waals surface area contributed by atoms with Crippen LogP contribution in [0.3, 0.4) is 0 Å². The van der Waals surface area contributed by atoms with Gasteiger partial charge in [-0.25, -0.2) is 0 Å². The van der Waals surface area contributed by atoms with Crippen molar-refractivity contribution in [1.82, 2.24) is 8.75 Å². The third kappa shape index (κ3) is 4.16. The molecule has 8 rings (SSSR count). The molecular formula is C34H32N2S5Si2. The molecule has 0 N–H and O–H groups in total. The molecule has 0 bridgehead atoms. The second-order valence-corrected chi connectivity index (χ2v) is 28.1. The first-order valence-electron chi connectivity index (χ1n) is 14.6. The van der Waals surface area contributed by atoms with Crippen molar-refractivity contribution >= 4 is 135 Å². The van der Waals surface area contributed by atoms with Gasteiger partial charge in [0.2, 0.25) is 0 Å². The van der Waals surface area contributed by atoms with Crippen molar-refractivity contribution < 1.29 is 0 Å². The molecule has 0 radical (unpaired) electrons. The van der Waals surface area contributed by atoms with Crippen molar-refractivity contribution in [3.63, 3.8) is 0 Å². The van der Waals surface area contributed by atoms with Gasteiger partial charge in [-0.1, -0.05) is 51.4 Å². The molecule has 0 spiro atoms. The van der Waals surface area contributed by atoms with Gasteiger partial charge in [0, 0.05) is 61.2 Å². The molecule has 0 aliphatic carbocycles. The van der Waals surface area contributed by atoms with E-state index in [9.17, 15) is 0 Å². The number of hydrogen-bond acceptors (Lipinski definition) is 7. The van der Waals surface area contributed by atoms with Crippen LogP contribution >= 0.6 is 57.1 Å². The molecule has 0 aliphatic heterocycles. The molecule has 8 aromatic rings. The van der Waals surface area contributed by atoms with Crippen LogP contribution in [-0.4, -0.2) is 24.9 Å². The maximum absolute atomic E-state index is 4.92. The highest BCUT2D eigenvalue weighted by molar-refractivity contribution is 7.27. The average Bonchev–Trinajstić information content (AvgIpc) is 3.76. The van der Waals surface area contributed by atoms with Gasteiger partial charge in [0.05, 0.1) is 27.9 Å². The number of benzene rings is 3. The topological polar surface area (TPSA) is 25.8 Å². The summed E-state index contributed by atoms with van der Waals surface area (Å²) < 4.78 is 15.7. The summed E-state index contributed by atoms with van der Waals surface area (Å²) in [4.78, 5) is 2.58. The van der Waals surface area contributed by atoms with Crippen LogP contribution in [0.4, 0.5) is 0 Å². The zero-order chi connectivity index (χ0) is 30.0. The second kappa shape index (κ2) is 9.63. The third-order valence-electron chi connectivity index (χ3n) is 8.77. The van der Waals surface area contributed by atoms with Gasteiger partial charge in [-0.05, 0) is 70.4 Å². The van der Waals surface area contributed by atoms with Gasteiger partial charge in [0.1, 0.15) is 11.0 Å². The summed E-state index contributed by atoms with van der Waals surface area (Å²) in [6.45, 7) is 19.7. The Kier molecular flexibility index (Phi) is 6.32. The summed E-state index contributed by atoms with van der Waals surface area (Å²) in [7, 11) is -3.22. The molecule has 0 amide bonds. The van der Waals surface area contributed by atoms with Crippen LogP contribution in [0.15, 0.2) is 47.2 Å². The minimum Gasteiger partial charge on any atom is -0.172 e. The molecule has 43 heavy (non-hydrogen) atoms. The highest BCUT2D eigenvalue weighted by Gasteiger charge is 2.33. The predicted octanol–water partition coefficient (Wildman–Crippen LogP) is 11.6. The summed E-state index contributed by atoms with van der Waals surface area (Å²) in [5.74, 6) is 0. The van der Waals surface area contributed by atoms with Crippen LogP contribution < -0.4 is 10.4 Å². The minimum absolute atomic E-state index is 1.02. The number of aromatic nitrogens is 2. The van der Waals surface area contributed by atoms with Gasteiger partial charge in [-0.3, -0.25) is 0 Å². The van der Waals surface area contributed by atoms with E-state index >= 15 is 0 Å². The summed E-state index contributed by atoms with van der Waals surface area (Å²) >= 11 is 9.01. The molecule has 5 aromatic heterocycles. The summed E-state index contributed by atoms with van der Waals surface area (Å²) in [6.07, 6.45) is 0. The summed E-state index contributed by atoms with van der Waals surface area (Å²) in [6, 6.07) is 14.1. The summed E-state index contributed by atoms with van der Waals surface area (Å²) in [5, 5.41) is 13.5. The molecule has 0 fully saturated rings. The molecule has 3 aromatic carbocycles. The lowest BCUT2D eigenvalue weighted by Crippen LogP contribution is -2.56. The van der Waals surface area contributed by atoms with Gasteiger partial charge < -0.3 is 0 Å². The lowest BCUT2D eigenvalue weighted by molar-refractivity contribution is 1.44. The first-order valence-corrected chi connectivity index (χ1v) is 25.7. The lowest BCUT2D eigenvalue weighted by atomic mass is 10.0. The van der Waals surface area contributed by atoms with E-state index in [-0.39, 0.29) is 0 Å². The van der Waals surface area contributed by atoms with Crippen molar-refractivity contribution in [3.05, 3.63) is 58.3 Å². The fourth-order valence-electron chi connectivity index (χ4n) is 6.70. The van der Waals surface area contributed by atoms with Gasteiger partial charge in [-0.2, -0.15) is 8.75 Å². The molecule has 0 saturated carbocycles. The van der Waals surface area contributed by atoms with Crippen LogP contribution in [-0.2, 0) is 0 Å². The largest absolute Gasteiger partial charge is 0.172 e. The number of rotatable bonds is 4. The van der Waals surface area contributed by atoms with Gasteiger partial charge >= 0.3 is 0 Å². The quantitative estimate of drug-likeness (QED) is 0.172. The van der Waals surface area contributed by atoms with E-state index in [0.29, 0.717) is 0 Å². The molecule has 0 atom stereocenters. The first-order chi connectivity index (χ1) is 20.4. The van der Waals surface area contributed by atoms with Gasteiger partial charge in [-0.15, -0.1) is 45.3 Å². The van der Waals surface area contributed by atoms with Crippen LogP contribution in [0.1, 0.15) is 11.1 Å². The van der Waals surface area contributed by atoms with Crippen LogP contribution in [0.2, 0.25) is 39.3 Å². The molecule has 0 saturated heterocycles.